The van der Waals surface area contributed by atoms with E-state index in [4.69, 9.17) is 5.53 Å². The number of hydrogen-bond donors (Lipinski definition) is 0. The Labute approximate surface area is 108 Å². The van der Waals surface area contributed by atoms with E-state index in [-0.39, 0.29) is 17.8 Å². The first-order chi connectivity index (χ1) is 9.10. The number of nitrogens with zero attached hydrogens (tertiary/aromatic N) is 4. The summed E-state index contributed by atoms with van der Waals surface area (Å²) in [6.45, 7) is 0.119. The van der Waals surface area contributed by atoms with E-state index in [2.05, 4.69) is 14.8 Å². The number of carbonyl (C=O) groups excluding carboxylic acids is 1. The summed E-state index contributed by atoms with van der Waals surface area (Å²) < 4.78 is 4.56. The predicted molar refractivity (Wildman–Crippen MR) is 67.5 cm³/mol. The lowest BCUT2D eigenvalue weighted by Crippen LogP contribution is -2.04. The van der Waals surface area contributed by atoms with Crippen LogP contribution in [-0.4, -0.2) is 24.5 Å². The molecule has 98 valence electrons. The van der Waals surface area contributed by atoms with Crippen molar-refractivity contribution in [1.82, 2.24) is 0 Å². The van der Waals surface area contributed by atoms with Crippen LogP contribution in [0.1, 0.15) is 15.9 Å². The summed E-state index contributed by atoms with van der Waals surface area (Å²) in [6.07, 6.45) is 3.07. The quantitative estimate of drug-likeness (QED) is 0.202. The molecule has 0 saturated heterocycles. The fourth-order valence-electron chi connectivity index (χ4n) is 1.35. The molecule has 0 aliphatic carbocycles. The smallest absolute Gasteiger partial charge is 0.338 e. The summed E-state index contributed by atoms with van der Waals surface area (Å²) in [6, 6.07) is 3.84. The summed E-state index contributed by atoms with van der Waals surface area (Å²) in [7, 11) is 1.19. The highest BCUT2D eigenvalue weighted by Gasteiger charge is 2.15. The Balaban J connectivity index is 3.15. The molecule has 1 aromatic carbocycles. The van der Waals surface area contributed by atoms with Crippen LogP contribution < -0.4 is 0 Å². The first-order valence-electron chi connectivity index (χ1n) is 5.14. The number of ether oxygens (including phenoxy) is 1. The van der Waals surface area contributed by atoms with E-state index in [1.54, 1.807) is 0 Å². The highest BCUT2D eigenvalue weighted by atomic mass is 16.6. The van der Waals surface area contributed by atoms with Gasteiger partial charge < -0.3 is 4.74 Å². The van der Waals surface area contributed by atoms with Gasteiger partial charge >= 0.3 is 5.97 Å². The molecule has 0 atom stereocenters. The molecule has 0 aromatic heterocycles. The van der Waals surface area contributed by atoms with Crippen molar-refractivity contribution < 1.29 is 14.5 Å². The number of non-ortho nitro benzene ring substituents is 1. The normalized spacial score (nSPS) is 9.95. The van der Waals surface area contributed by atoms with Crippen molar-refractivity contribution in [2.24, 2.45) is 5.11 Å². The van der Waals surface area contributed by atoms with Gasteiger partial charge in [-0.2, -0.15) is 0 Å². The van der Waals surface area contributed by atoms with Gasteiger partial charge in [0.05, 0.1) is 17.6 Å². The van der Waals surface area contributed by atoms with E-state index >= 15 is 0 Å². The van der Waals surface area contributed by atoms with Crippen molar-refractivity contribution in [3.63, 3.8) is 0 Å². The van der Waals surface area contributed by atoms with Gasteiger partial charge in [0.15, 0.2) is 0 Å². The molecule has 8 heteroatoms. The average molecular weight is 262 g/mol. The largest absolute Gasteiger partial charge is 0.465 e. The molecule has 0 heterocycles. The molecule has 0 spiro atoms. The second-order valence-electron chi connectivity index (χ2n) is 3.34. The van der Waals surface area contributed by atoms with Gasteiger partial charge in [-0.25, -0.2) is 4.79 Å². The summed E-state index contributed by atoms with van der Waals surface area (Å²) in [5.41, 5.74) is 8.44. The van der Waals surface area contributed by atoms with Crippen LogP contribution in [0.5, 0.6) is 0 Å². The summed E-state index contributed by atoms with van der Waals surface area (Å²) >= 11 is 0. The maximum Gasteiger partial charge on any atom is 0.338 e. The monoisotopic (exact) mass is 262 g/mol. The van der Waals surface area contributed by atoms with Gasteiger partial charge in [0.2, 0.25) is 0 Å². The van der Waals surface area contributed by atoms with Gasteiger partial charge in [-0.05, 0) is 17.2 Å². The summed E-state index contributed by atoms with van der Waals surface area (Å²) in [5.74, 6) is -0.674. The minimum Gasteiger partial charge on any atom is -0.465 e. The molecule has 0 N–H and O–H groups in total. The zero-order valence-electron chi connectivity index (χ0n) is 10.0. The minimum atomic E-state index is -0.674. The second kappa shape index (κ2) is 6.77. The van der Waals surface area contributed by atoms with Crippen molar-refractivity contribution >= 4 is 17.7 Å². The van der Waals surface area contributed by atoms with Crippen LogP contribution in [0.4, 0.5) is 5.69 Å². The van der Waals surface area contributed by atoms with Gasteiger partial charge in [-0.3, -0.25) is 10.1 Å². The number of azide groups is 1. The maximum atomic E-state index is 11.5. The Morgan fingerprint density at radius 1 is 1.63 bits per heavy atom. The Kier molecular flexibility index (Phi) is 5.06. The highest BCUT2D eigenvalue weighted by molar-refractivity contribution is 5.94. The van der Waals surface area contributed by atoms with Crippen molar-refractivity contribution in [3.8, 4) is 0 Å². The van der Waals surface area contributed by atoms with Crippen molar-refractivity contribution in [1.29, 1.82) is 0 Å². The Morgan fingerprint density at radius 2 is 2.37 bits per heavy atom. The molecule has 0 radical (unpaired) electrons. The standard InChI is InChI=1S/C11H10N4O4/c1-19-11(16)10-7-9(15(17)18)5-4-8(10)3-2-6-13-14-12/h2-5,7H,6H2,1H3. The lowest BCUT2D eigenvalue weighted by molar-refractivity contribution is -0.384. The summed E-state index contributed by atoms with van der Waals surface area (Å²) in [4.78, 5) is 24.2. The molecule has 0 unspecified atom stereocenters. The molecule has 0 aliphatic rings. The Hall–Kier alpha value is -2.86. The SMILES string of the molecule is COC(=O)c1cc([N+](=O)[O-])ccc1C=CCN=[N+]=[N-]. The maximum absolute atomic E-state index is 11.5. The van der Waals surface area contributed by atoms with Gasteiger partial charge in [0.1, 0.15) is 0 Å². The third-order valence-electron chi connectivity index (χ3n) is 2.20. The van der Waals surface area contributed by atoms with Crippen LogP contribution >= 0.6 is 0 Å². The van der Waals surface area contributed by atoms with Crippen LogP contribution in [0.15, 0.2) is 29.4 Å². The summed E-state index contributed by atoms with van der Waals surface area (Å²) in [5, 5.41) is 14.0. The van der Waals surface area contributed by atoms with Crippen LogP contribution in [-0.2, 0) is 4.74 Å². The zero-order valence-corrected chi connectivity index (χ0v) is 10.0. The minimum absolute atomic E-state index is 0.0777. The molecule has 8 nitrogen and oxygen atoms in total. The molecule has 0 fully saturated rings. The number of esters is 1. The van der Waals surface area contributed by atoms with Crippen LogP contribution in [0.2, 0.25) is 0 Å². The number of methoxy groups -OCH3 is 1. The van der Waals surface area contributed by atoms with E-state index in [0.29, 0.717) is 5.56 Å². The lowest BCUT2D eigenvalue weighted by Gasteiger charge is -2.03. The van der Waals surface area contributed by atoms with E-state index < -0.39 is 10.9 Å². The van der Waals surface area contributed by atoms with Crippen LogP contribution in [0.25, 0.3) is 16.5 Å². The van der Waals surface area contributed by atoms with E-state index in [9.17, 15) is 14.9 Å². The number of carbonyl (C=O) groups is 1. The number of rotatable bonds is 5. The third-order valence-corrected chi connectivity index (χ3v) is 2.20. The Bertz CT molecular complexity index is 576. The van der Waals surface area contributed by atoms with E-state index in [0.717, 1.165) is 6.07 Å². The highest BCUT2D eigenvalue weighted by Crippen LogP contribution is 2.20. The molecule has 0 bridgehead atoms. The number of benzene rings is 1. The van der Waals surface area contributed by atoms with Crippen molar-refractivity contribution in [2.75, 3.05) is 13.7 Å². The fraction of sp³-hybridized carbons (Fsp3) is 0.182. The third kappa shape index (κ3) is 3.83. The zero-order chi connectivity index (χ0) is 14.3. The molecule has 1 aromatic rings. The van der Waals surface area contributed by atoms with Gasteiger partial charge in [0.25, 0.3) is 5.69 Å². The molecular weight excluding hydrogens is 252 g/mol. The molecular formula is C11H10N4O4. The van der Waals surface area contributed by atoms with Gasteiger partial charge in [-0.15, -0.1) is 0 Å². The van der Waals surface area contributed by atoms with Crippen molar-refractivity contribution in [3.05, 3.63) is 56.0 Å². The fourth-order valence-corrected chi connectivity index (χ4v) is 1.35. The number of nitro groups is 1. The van der Waals surface area contributed by atoms with Crippen LogP contribution in [0.3, 0.4) is 0 Å². The predicted octanol–water partition coefficient (Wildman–Crippen LogP) is 2.70. The molecule has 19 heavy (non-hydrogen) atoms. The molecule has 0 aliphatic heterocycles. The van der Waals surface area contributed by atoms with Crippen molar-refractivity contribution in [2.45, 2.75) is 0 Å². The molecule has 1 rings (SSSR count). The second-order valence-corrected chi connectivity index (χ2v) is 3.34. The average Bonchev–Trinajstić information content (AvgIpc) is 2.42. The molecule has 0 saturated carbocycles. The van der Waals surface area contributed by atoms with E-state index in [1.165, 1.54) is 31.4 Å². The number of hydrogen-bond acceptors (Lipinski definition) is 5. The Morgan fingerprint density at radius 3 is 2.95 bits per heavy atom. The lowest BCUT2D eigenvalue weighted by atomic mass is 10.1. The molecule has 0 amide bonds. The number of nitro benzene ring substituents is 1. The first kappa shape index (κ1) is 14.2. The van der Waals surface area contributed by atoms with Gasteiger partial charge in [-0.1, -0.05) is 17.3 Å². The first-order valence-corrected chi connectivity index (χ1v) is 5.14. The van der Waals surface area contributed by atoms with E-state index in [1.807, 2.05) is 0 Å². The van der Waals surface area contributed by atoms with Gasteiger partial charge in [0, 0.05) is 23.6 Å². The topological polar surface area (TPSA) is 118 Å². The van der Waals surface area contributed by atoms with Crippen LogP contribution in [0, 0.1) is 10.1 Å².